The minimum absolute atomic E-state index is 0.270. The van der Waals surface area contributed by atoms with E-state index in [9.17, 15) is 5.11 Å². The van der Waals surface area contributed by atoms with Crippen molar-refractivity contribution in [1.29, 1.82) is 0 Å². The number of hydrogen-bond donors (Lipinski definition) is 1. The van der Waals surface area contributed by atoms with E-state index in [1.165, 1.54) is 5.56 Å². The predicted octanol–water partition coefficient (Wildman–Crippen LogP) is 1.90. The Morgan fingerprint density at radius 1 is 1.30 bits per heavy atom. The summed E-state index contributed by atoms with van der Waals surface area (Å²) in [5.41, 5.74) is 1.39. The van der Waals surface area contributed by atoms with Crippen molar-refractivity contribution >= 4 is 11.3 Å². The summed E-state index contributed by atoms with van der Waals surface area (Å²) in [6.07, 6.45) is 5.84. The summed E-state index contributed by atoms with van der Waals surface area (Å²) in [5.74, 6) is 0. The molecule has 1 aliphatic rings. The molecular formula is C17H26N4OS. The van der Waals surface area contributed by atoms with Crippen LogP contribution in [-0.4, -0.2) is 63.5 Å². The molecule has 0 radical (unpaired) electrons. The number of thiophene rings is 1. The zero-order valence-corrected chi connectivity index (χ0v) is 14.4. The van der Waals surface area contributed by atoms with E-state index in [1.807, 2.05) is 23.1 Å². The Labute approximate surface area is 142 Å². The van der Waals surface area contributed by atoms with Crippen LogP contribution in [0.5, 0.6) is 0 Å². The van der Waals surface area contributed by atoms with Gasteiger partial charge in [0.1, 0.15) is 0 Å². The van der Waals surface area contributed by atoms with Crippen LogP contribution in [0.15, 0.2) is 35.3 Å². The van der Waals surface area contributed by atoms with Crippen molar-refractivity contribution in [3.8, 4) is 0 Å². The summed E-state index contributed by atoms with van der Waals surface area (Å²) in [7, 11) is 0. The van der Waals surface area contributed by atoms with Crippen LogP contribution in [0.3, 0.4) is 0 Å². The molecule has 1 atom stereocenters. The Kier molecular flexibility index (Phi) is 6.21. The fourth-order valence-electron chi connectivity index (χ4n) is 3.30. The largest absolute Gasteiger partial charge is 0.396 e. The van der Waals surface area contributed by atoms with Crippen LogP contribution in [0.2, 0.25) is 0 Å². The molecule has 5 nitrogen and oxygen atoms in total. The van der Waals surface area contributed by atoms with Gasteiger partial charge in [-0.1, -0.05) is 0 Å². The molecule has 0 aromatic carbocycles. The number of aryl methyl sites for hydroxylation is 1. The van der Waals surface area contributed by atoms with Gasteiger partial charge in [0.2, 0.25) is 0 Å². The van der Waals surface area contributed by atoms with Gasteiger partial charge in [0, 0.05) is 64.3 Å². The lowest BCUT2D eigenvalue weighted by molar-refractivity contribution is 0.0526. The summed E-state index contributed by atoms with van der Waals surface area (Å²) >= 11 is 1.76. The van der Waals surface area contributed by atoms with Crippen LogP contribution >= 0.6 is 11.3 Å². The molecular weight excluding hydrogens is 308 g/mol. The molecule has 0 amide bonds. The van der Waals surface area contributed by atoms with E-state index in [2.05, 4.69) is 31.7 Å². The van der Waals surface area contributed by atoms with Crippen molar-refractivity contribution in [2.75, 3.05) is 32.8 Å². The topological polar surface area (TPSA) is 44.5 Å². The molecule has 126 valence electrons. The second-order valence-electron chi connectivity index (χ2n) is 6.19. The first kappa shape index (κ1) is 16.6. The van der Waals surface area contributed by atoms with E-state index in [4.69, 9.17) is 0 Å². The zero-order chi connectivity index (χ0) is 15.9. The van der Waals surface area contributed by atoms with Gasteiger partial charge in [0.25, 0.3) is 0 Å². The quantitative estimate of drug-likeness (QED) is 0.801. The Balaban J connectivity index is 1.47. The fourth-order valence-corrected chi connectivity index (χ4v) is 3.96. The van der Waals surface area contributed by atoms with Crippen LogP contribution in [0.4, 0.5) is 0 Å². The predicted molar refractivity (Wildman–Crippen MR) is 93.5 cm³/mol. The third kappa shape index (κ3) is 4.88. The maximum atomic E-state index is 9.39. The molecule has 3 heterocycles. The van der Waals surface area contributed by atoms with Gasteiger partial charge in [0.15, 0.2) is 0 Å². The van der Waals surface area contributed by atoms with Crippen LogP contribution in [0.25, 0.3) is 0 Å². The maximum Gasteiger partial charge on any atom is 0.0489 e. The van der Waals surface area contributed by atoms with E-state index in [1.54, 1.807) is 11.3 Å². The number of hydrogen-bond acceptors (Lipinski definition) is 5. The Morgan fingerprint density at radius 3 is 3.00 bits per heavy atom. The molecule has 1 unspecified atom stereocenters. The highest BCUT2D eigenvalue weighted by molar-refractivity contribution is 7.07. The van der Waals surface area contributed by atoms with E-state index < -0.39 is 0 Å². The molecule has 23 heavy (non-hydrogen) atoms. The number of aliphatic hydroxyl groups excluding tert-OH is 1. The molecule has 0 spiro atoms. The first-order valence-electron chi connectivity index (χ1n) is 8.41. The molecule has 1 aliphatic heterocycles. The molecule has 1 saturated heterocycles. The number of nitrogens with zero attached hydrogens (tertiary/aromatic N) is 4. The minimum atomic E-state index is 0.270. The van der Waals surface area contributed by atoms with Gasteiger partial charge in [0.05, 0.1) is 0 Å². The van der Waals surface area contributed by atoms with E-state index in [0.717, 1.165) is 52.1 Å². The zero-order valence-electron chi connectivity index (χ0n) is 13.5. The minimum Gasteiger partial charge on any atom is -0.396 e. The van der Waals surface area contributed by atoms with Gasteiger partial charge in [-0.05, 0) is 41.3 Å². The lowest BCUT2D eigenvalue weighted by Crippen LogP contribution is -2.53. The summed E-state index contributed by atoms with van der Waals surface area (Å²) < 4.78 is 2.00. The number of aromatic nitrogens is 2. The normalized spacial score (nSPS) is 20.1. The smallest absolute Gasteiger partial charge is 0.0489 e. The lowest BCUT2D eigenvalue weighted by Gasteiger charge is -2.41. The van der Waals surface area contributed by atoms with Crippen molar-refractivity contribution in [3.05, 3.63) is 40.8 Å². The summed E-state index contributed by atoms with van der Waals surface area (Å²) in [4.78, 5) is 5.07. The van der Waals surface area contributed by atoms with E-state index in [-0.39, 0.29) is 6.61 Å². The molecule has 0 bridgehead atoms. The van der Waals surface area contributed by atoms with Crippen LogP contribution in [0, 0.1) is 0 Å². The van der Waals surface area contributed by atoms with Gasteiger partial charge < -0.3 is 10.0 Å². The van der Waals surface area contributed by atoms with Gasteiger partial charge in [-0.15, -0.1) is 0 Å². The van der Waals surface area contributed by atoms with Crippen molar-refractivity contribution in [2.45, 2.75) is 32.0 Å². The van der Waals surface area contributed by atoms with Crippen molar-refractivity contribution in [2.24, 2.45) is 0 Å². The molecule has 2 aromatic heterocycles. The maximum absolute atomic E-state index is 9.39. The molecule has 1 fully saturated rings. The van der Waals surface area contributed by atoms with Gasteiger partial charge in [-0.25, -0.2) is 0 Å². The third-order valence-corrected chi connectivity index (χ3v) is 5.27. The molecule has 0 aliphatic carbocycles. The van der Waals surface area contributed by atoms with E-state index >= 15 is 0 Å². The standard InChI is InChI=1S/C17H26N4OS/c22-11-3-17-14-19(6-2-8-21-7-1-5-18-21)9-10-20(17)13-16-4-12-23-15-16/h1,4-5,7,12,15,17,22H,2-3,6,8-11,13-14H2. The molecule has 2 aromatic rings. The molecule has 6 heteroatoms. The summed E-state index contributed by atoms with van der Waals surface area (Å²) in [6, 6.07) is 4.64. The van der Waals surface area contributed by atoms with Crippen molar-refractivity contribution < 1.29 is 5.11 Å². The molecule has 3 rings (SSSR count). The number of aliphatic hydroxyl groups is 1. The first-order chi connectivity index (χ1) is 11.3. The highest BCUT2D eigenvalue weighted by Crippen LogP contribution is 2.18. The second kappa shape index (κ2) is 8.59. The Hall–Kier alpha value is -1.21. The van der Waals surface area contributed by atoms with Crippen LogP contribution < -0.4 is 0 Å². The summed E-state index contributed by atoms with van der Waals surface area (Å²) in [6.45, 7) is 6.62. The van der Waals surface area contributed by atoms with Gasteiger partial charge >= 0.3 is 0 Å². The monoisotopic (exact) mass is 334 g/mol. The van der Waals surface area contributed by atoms with Gasteiger partial charge in [-0.3, -0.25) is 9.58 Å². The highest BCUT2D eigenvalue weighted by atomic mass is 32.1. The second-order valence-corrected chi connectivity index (χ2v) is 6.97. The van der Waals surface area contributed by atoms with Crippen LogP contribution in [-0.2, 0) is 13.1 Å². The SMILES string of the molecule is OCCC1CN(CCCn2cccn2)CCN1Cc1ccsc1. The highest BCUT2D eigenvalue weighted by Gasteiger charge is 2.26. The average molecular weight is 334 g/mol. The Bertz CT molecular complexity index is 543. The first-order valence-corrected chi connectivity index (χ1v) is 9.35. The molecule has 0 saturated carbocycles. The fraction of sp³-hybridized carbons (Fsp3) is 0.588. The van der Waals surface area contributed by atoms with Crippen LogP contribution in [0.1, 0.15) is 18.4 Å². The summed E-state index contributed by atoms with van der Waals surface area (Å²) in [5, 5.41) is 18.0. The number of rotatable bonds is 8. The van der Waals surface area contributed by atoms with Crippen molar-refractivity contribution in [3.63, 3.8) is 0 Å². The van der Waals surface area contributed by atoms with Gasteiger partial charge in [-0.2, -0.15) is 16.4 Å². The number of piperazine rings is 1. The van der Waals surface area contributed by atoms with Crippen molar-refractivity contribution in [1.82, 2.24) is 19.6 Å². The third-order valence-electron chi connectivity index (χ3n) is 4.54. The van der Waals surface area contributed by atoms with E-state index in [0.29, 0.717) is 6.04 Å². The Morgan fingerprint density at radius 2 is 2.26 bits per heavy atom. The molecule has 1 N–H and O–H groups in total. The lowest BCUT2D eigenvalue weighted by atomic mass is 10.1. The average Bonchev–Trinajstić information content (AvgIpc) is 3.24.